The molecule has 1 aliphatic heterocycles. The molecule has 118 valence electrons. The van der Waals surface area contributed by atoms with Crippen molar-refractivity contribution in [2.45, 2.75) is 39.8 Å². The van der Waals surface area contributed by atoms with Crippen LogP contribution in [0.2, 0.25) is 0 Å². The molecule has 4 heteroatoms. The van der Waals surface area contributed by atoms with Crippen LogP contribution in [0.4, 0.5) is 10.1 Å². The minimum Gasteiger partial charge on any atom is -0.369 e. The molecular formula is C17H28FN3. The molecule has 3 nitrogen and oxygen atoms in total. The highest BCUT2D eigenvalue weighted by molar-refractivity contribution is 5.54. The van der Waals surface area contributed by atoms with Gasteiger partial charge in [0.15, 0.2) is 0 Å². The van der Waals surface area contributed by atoms with Crippen molar-refractivity contribution in [3.05, 3.63) is 29.6 Å². The average molecular weight is 293 g/mol. The van der Waals surface area contributed by atoms with Gasteiger partial charge in [-0.3, -0.25) is 4.90 Å². The normalized spacial score (nSPS) is 18.0. The fourth-order valence-corrected chi connectivity index (χ4v) is 2.93. The Hall–Kier alpha value is -1.13. The Balaban J connectivity index is 2.05. The van der Waals surface area contributed by atoms with Gasteiger partial charge in [-0.05, 0) is 43.7 Å². The predicted octanol–water partition coefficient (Wildman–Crippen LogP) is 2.86. The first-order chi connectivity index (χ1) is 10.2. The number of piperazine rings is 1. The SMILES string of the molecule is CCNCc1cc(F)ccc1N1CCN(C(C)CC)CC1. The molecule has 1 unspecified atom stereocenters. The molecule has 1 saturated heterocycles. The molecule has 21 heavy (non-hydrogen) atoms. The van der Waals surface area contributed by atoms with Gasteiger partial charge in [-0.15, -0.1) is 0 Å². The third-order valence-electron chi connectivity index (χ3n) is 4.48. The highest BCUT2D eigenvalue weighted by atomic mass is 19.1. The van der Waals surface area contributed by atoms with Crippen LogP contribution in [0.15, 0.2) is 18.2 Å². The molecule has 1 aromatic rings. The van der Waals surface area contributed by atoms with E-state index in [9.17, 15) is 4.39 Å². The maximum atomic E-state index is 13.5. The monoisotopic (exact) mass is 293 g/mol. The Kier molecular flexibility index (Phi) is 6.00. The molecule has 1 aliphatic rings. The van der Waals surface area contributed by atoms with Gasteiger partial charge in [0.25, 0.3) is 0 Å². The Labute approximate surface area is 128 Å². The maximum absolute atomic E-state index is 13.5. The van der Waals surface area contributed by atoms with E-state index in [2.05, 4.69) is 35.9 Å². The van der Waals surface area contributed by atoms with Gasteiger partial charge in [0, 0.05) is 44.5 Å². The number of benzene rings is 1. The molecule has 1 atom stereocenters. The highest BCUT2D eigenvalue weighted by Crippen LogP contribution is 2.23. The van der Waals surface area contributed by atoms with E-state index in [0.717, 1.165) is 44.8 Å². The minimum absolute atomic E-state index is 0.148. The molecule has 0 radical (unpaired) electrons. The number of nitrogens with one attached hydrogen (secondary N) is 1. The van der Waals surface area contributed by atoms with Crippen LogP contribution in [-0.2, 0) is 6.54 Å². The van der Waals surface area contributed by atoms with Gasteiger partial charge in [-0.1, -0.05) is 13.8 Å². The second-order valence-corrected chi connectivity index (χ2v) is 5.83. The Morgan fingerprint density at radius 1 is 1.19 bits per heavy atom. The zero-order valence-electron chi connectivity index (χ0n) is 13.5. The van der Waals surface area contributed by atoms with Crippen LogP contribution in [0.5, 0.6) is 0 Å². The third-order valence-corrected chi connectivity index (χ3v) is 4.48. The summed E-state index contributed by atoms with van der Waals surface area (Å²) in [5.41, 5.74) is 2.25. The zero-order chi connectivity index (χ0) is 15.2. The van der Waals surface area contributed by atoms with Crippen LogP contribution in [0.25, 0.3) is 0 Å². The van der Waals surface area contributed by atoms with Crippen molar-refractivity contribution >= 4 is 5.69 Å². The smallest absolute Gasteiger partial charge is 0.123 e. The van der Waals surface area contributed by atoms with Crippen LogP contribution >= 0.6 is 0 Å². The molecule has 0 amide bonds. The summed E-state index contributed by atoms with van der Waals surface area (Å²) in [6, 6.07) is 5.83. The maximum Gasteiger partial charge on any atom is 0.123 e. The van der Waals surface area contributed by atoms with Gasteiger partial charge >= 0.3 is 0 Å². The molecule has 0 aliphatic carbocycles. The van der Waals surface area contributed by atoms with E-state index in [1.54, 1.807) is 12.1 Å². The minimum atomic E-state index is -0.148. The first kappa shape index (κ1) is 16.2. The quantitative estimate of drug-likeness (QED) is 0.870. The van der Waals surface area contributed by atoms with E-state index < -0.39 is 0 Å². The molecule has 1 aromatic carbocycles. The summed E-state index contributed by atoms with van der Waals surface area (Å²) in [7, 11) is 0. The predicted molar refractivity (Wildman–Crippen MR) is 87.3 cm³/mol. The number of halogens is 1. The Morgan fingerprint density at radius 3 is 2.52 bits per heavy atom. The first-order valence-electron chi connectivity index (χ1n) is 8.13. The molecule has 1 fully saturated rings. The van der Waals surface area contributed by atoms with Gasteiger partial charge in [-0.2, -0.15) is 0 Å². The van der Waals surface area contributed by atoms with Crippen LogP contribution in [0.3, 0.4) is 0 Å². The van der Waals surface area contributed by atoms with Gasteiger partial charge in [0.2, 0.25) is 0 Å². The van der Waals surface area contributed by atoms with Gasteiger partial charge in [-0.25, -0.2) is 4.39 Å². The van der Waals surface area contributed by atoms with E-state index >= 15 is 0 Å². The lowest BCUT2D eigenvalue weighted by atomic mass is 10.1. The van der Waals surface area contributed by atoms with Crippen LogP contribution < -0.4 is 10.2 Å². The fraction of sp³-hybridized carbons (Fsp3) is 0.647. The standard InChI is InChI=1S/C17H28FN3/c1-4-14(3)20-8-10-21(11-9-20)17-7-6-16(18)12-15(17)13-19-5-2/h6-7,12,14,19H,4-5,8-11,13H2,1-3H3. The van der Waals surface area contributed by atoms with E-state index in [1.807, 2.05) is 6.07 Å². The summed E-state index contributed by atoms with van der Waals surface area (Å²) in [6.45, 7) is 12.5. The average Bonchev–Trinajstić information content (AvgIpc) is 2.52. The number of nitrogens with zero attached hydrogens (tertiary/aromatic N) is 2. The summed E-state index contributed by atoms with van der Waals surface area (Å²) in [6.07, 6.45) is 1.20. The summed E-state index contributed by atoms with van der Waals surface area (Å²) in [4.78, 5) is 4.94. The van der Waals surface area contributed by atoms with Gasteiger partial charge in [0.1, 0.15) is 5.82 Å². The van der Waals surface area contributed by atoms with Crippen LogP contribution in [0, 0.1) is 5.82 Å². The van der Waals surface area contributed by atoms with Crippen molar-refractivity contribution in [3.63, 3.8) is 0 Å². The highest BCUT2D eigenvalue weighted by Gasteiger charge is 2.21. The largest absolute Gasteiger partial charge is 0.369 e. The summed E-state index contributed by atoms with van der Waals surface area (Å²) in [5, 5.41) is 3.30. The summed E-state index contributed by atoms with van der Waals surface area (Å²) < 4.78 is 13.5. The van der Waals surface area contributed by atoms with Crippen molar-refractivity contribution in [1.82, 2.24) is 10.2 Å². The lowest BCUT2D eigenvalue weighted by molar-refractivity contribution is 0.192. The van der Waals surface area contributed by atoms with E-state index in [1.165, 1.54) is 12.1 Å². The number of anilines is 1. The first-order valence-corrected chi connectivity index (χ1v) is 8.13. The van der Waals surface area contributed by atoms with Gasteiger partial charge in [0.05, 0.1) is 0 Å². The second kappa shape index (κ2) is 7.76. The lowest BCUT2D eigenvalue weighted by Gasteiger charge is -2.39. The van der Waals surface area contributed by atoms with Gasteiger partial charge < -0.3 is 10.2 Å². The molecule has 0 saturated carbocycles. The number of hydrogen-bond donors (Lipinski definition) is 1. The molecule has 0 bridgehead atoms. The van der Waals surface area contributed by atoms with Crippen molar-refractivity contribution < 1.29 is 4.39 Å². The van der Waals surface area contributed by atoms with Crippen LogP contribution in [0.1, 0.15) is 32.8 Å². The van der Waals surface area contributed by atoms with E-state index in [0.29, 0.717) is 6.04 Å². The topological polar surface area (TPSA) is 18.5 Å². The fourth-order valence-electron chi connectivity index (χ4n) is 2.93. The number of rotatable bonds is 6. The Bertz CT molecular complexity index is 442. The second-order valence-electron chi connectivity index (χ2n) is 5.83. The third kappa shape index (κ3) is 4.17. The molecule has 0 spiro atoms. The van der Waals surface area contributed by atoms with Crippen molar-refractivity contribution in [3.8, 4) is 0 Å². The molecular weight excluding hydrogens is 265 g/mol. The molecule has 1 heterocycles. The number of hydrogen-bond acceptors (Lipinski definition) is 3. The van der Waals surface area contributed by atoms with E-state index in [4.69, 9.17) is 0 Å². The Morgan fingerprint density at radius 2 is 1.90 bits per heavy atom. The molecule has 1 N–H and O–H groups in total. The van der Waals surface area contributed by atoms with E-state index in [-0.39, 0.29) is 5.82 Å². The summed E-state index contributed by atoms with van der Waals surface area (Å²) in [5.74, 6) is -0.148. The van der Waals surface area contributed by atoms with Crippen LogP contribution in [-0.4, -0.2) is 43.7 Å². The summed E-state index contributed by atoms with van der Waals surface area (Å²) >= 11 is 0. The van der Waals surface area contributed by atoms with Crippen molar-refractivity contribution in [2.24, 2.45) is 0 Å². The zero-order valence-corrected chi connectivity index (χ0v) is 13.5. The van der Waals surface area contributed by atoms with Crippen molar-refractivity contribution in [1.29, 1.82) is 0 Å². The lowest BCUT2D eigenvalue weighted by Crippen LogP contribution is -2.49. The molecule has 2 rings (SSSR count). The molecule has 0 aromatic heterocycles. The van der Waals surface area contributed by atoms with Crippen molar-refractivity contribution in [2.75, 3.05) is 37.6 Å².